The van der Waals surface area contributed by atoms with Crippen LogP contribution in [0.1, 0.15) is 63.4 Å². The molecule has 1 amide bonds. The minimum atomic E-state index is -0.743. The second-order valence-corrected chi connectivity index (χ2v) is 8.45. The summed E-state index contributed by atoms with van der Waals surface area (Å²) in [7, 11) is 0. The molecule has 1 fully saturated rings. The Morgan fingerprint density at radius 1 is 1.07 bits per heavy atom. The number of hydrogen-bond acceptors (Lipinski definition) is 3. The maximum absolute atomic E-state index is 12.2. The first-order valence-corrected chi connectivity index (χ1v) is 11.2. The molecule has 2 aromatic carbocycles. The van der Waals surface area contributed by atoms with Crippen molar-refractivity contribution < 1.29 is 19.8 Å². The van der Waals surface area contributed by atoms with Gasteiger partial charge in [-0.15, -0.1) is 0 Å². The average molecular weight is 412 g/mol. The van der Waals surface area contributed by atoms with Crippen LogP contribution in [0.25, 0.3) is 10.8 Å². The standard InChI is InChI=1S/C25H33NO4/c27-23(18-19-10-11-20-7-4-5-8-21(20)17-19)14-12-22-13-15-24(28)26(22)16-6-2-1-3-9-25(29)30/h4-5,7-8,10-11,17,22-23,27H,1-3,6,9,12-16,18H2,(H,29,30). The summed E-state index contributed by atoms with van der Waals surface area (Å²) in [5.41, 5.74) is 1.14. The van der Waals surface area contributed by atoms with Gasteiger partial charge in [-0.2, -0.15) is 0 Å². The zero-order valence-electron chi connectivity index (χ0n) is 17.6. The minimum Gasteiger partial charge on any atom is -0.481 e. The molecule has 1 heterocycles. The van der Waals surface area contributed by atoms with Crippen molar-refractivity contribution in [2.24, 2.45) is 0 Å². The van der Waals surface area contributed by atoms with E-state index in [1.807, 2.05) is 17.0 Å². The predicted octanol–water partition coefficient (Wildman–Crippen LogP) is 4.55. The van der Waals surface area contributed by atoms with Gasteiger partial charge in [-0.25, -0.2) is 0 Å². The third kappa shape index (κ3) is 6.56. The number of hydrogen-bond donors (Lipinski definition) is 2. The maximum Gasteiger partial charge on any atom is 0.303 e. The Kier molecular flexibility index (Phi) is 8.26. The van der Waals surface area contributed by atoms with Crippen LogP contribution < -0.4 is 0 Å². The molecule has 0 saturated carbocycles. The van der Waals surface area contributed by atoms with E-state index in [0.29, 0.717) is 25.7 Å². The molecule has 2 atom stereocenters. The molecule has 0 bridgehead atoms. The highest BCUT2D eigenvalue weighted by atomic mass is 16.4. The van der Waals surface area contributed by atoms with E-state index in [0.717, 1.165) is 44.2 Å². The number of aliphatic hydroxyl groups excluding tert-OH is 1. The Balaban J connectivity index is 1.41. The van der Waals surface area contributed by atoms with Gasteiger partial charge in [0.2, 0.25) is 5.91 Å². The van der Waals surface area contributed by atoms with Gasteiger partial charge < -0.3 is 15.1 Å². The van der Waals surface area contributed by atoms with E-state index < -0.39 is 12.1 Å². The summed E-state index contributed by atoms with van der Waals surface area (Å²) < 4.78 is 0. The van der Waals surface area contributed by atoms with Crippen LogP contribution in [0.4, 0.5) is 0 Å². The van der Waals surface area contributed by atoms with Gasteiger partial charge in [0, 0.05) is 25.4 Å². The lowest BCUT2D eigenvalue weighted by Gasteiger charge is -2.26. The lowest BCUT2D eigenvalue weighted by atomic mass is 9.98. The van der Waals surface area contributed by atoms with E-state index in [1.165, 1.54) is 10.8 Å². The van der Waals surface area contributed by atoms with E-state index >= 15 is 0 Å². The first-order chi connectivity index (χ1) is 14.5. The zero-order valence-corrected chi connectivity index (χ0v) is 17.6. The third-order valence-corrected chi connectivity index (χ3v) is 6.11. The van der Waals surface area contributed by atoms with Crippen LogP contribution in [0.2, 0.25) is 0 Å². The van der Waals surface area contributed by atoms with Gasteiger partial charge in [0.1, 0.15) is 0 Å². The summed E-state index contributed by atoms with van der Waals surface area (Å²) in [4.78, 5) is 24.8. The molecule has 3 rings (SSSR count). The maximum atomic E-state index is 12.2. The average Bonchev–Trinajstić information content (AvgIpc) is 3.08. The highest BCUT2D eigenvalue weighted by Crippen LogP contribution is 2.25. The van der Waals surface area contributed by atoms with Crippen molar-refractivity contribution in [1.29, 1.82) is 0 Å². The van der Waals surface area contributed by atoms with E-state index in [4.69, 9.17) is 5.11 Å². The van der Waals surface area contributed by atoms with Gasteiger partial charge >= 0.3 is 5.97 Å². The number of carboxylic acids is 1. The van der Waals surface area contributed by atoms with Gasteiger partial charge in [0.25, 0.3) is 0 Å². The molecule has 2 N–H and O–H groups in total. The summed E-state index contributed by atoms with van der Waals surface area (Å²) in [5.74, 6) is -0.526. The summed E-state index contributed by atoms with van der Waals surface area (Å²) in [6.45, 7) is 0.747. The van der Waals surface area contributed by atoms with Crippen LogP contribution in [0, 0.1) is 0 Å². The Morgan fingerprint density at radius 2 is 1.83 bits per heavy atom. The molecular weight excluding hydrogens is 378 g/mol. The number of benzene rings is 2. The van der Waals surface area contributed by atoms with Crippen LogP contribution >= 0.6 is 0 Å². The number of aliphatic carboxylic acids is 1. The molecule has 0 radical (unpaired) electrons. The molecule has 5 nitrogen and oxygen atoms in total. The van der Waals surface area contributed by atoms with Crippen LogP contribution in [0.15, 0.2) is 42.5 Å². The van der Waals surface area contributed by atoms with Gasteiger partial charge in [0.15, 0.2) is 0 Å². The lowest BCUT2D eigenvalue weighted by molar-refractivity contribution is -0.137. The van der Waals surface area contributed by atoms with Gasteiger partial charge in [-0.3, -0.25) is 9.59 Å². The van der Waals surface area contributed by atoms with Crippen LogP contribution in [-0.4, -0.2) is 45.7 Å². The number of likely N-dealkylation sites (tertiary alicyclic amines) is 1. The zero-order chi connectivity index (χ0) is 21.3. The highest BCUT2D eigenvalue weighted by Gasteiger charge is 2.30. The van der Waals surface area contributed by atoms with Gasteiger partial charge in [0.05, 0.1) is 6.10 Å². The minimum absolute atomic E-state index is 0.217. The number of unbranched alkanes of at least 4 members (excludes halogenated alkanes) is 3. The largest absolute Gasteiger partial charge is 0.481 e. The van der Waals surface area contributed by atoms with E-state index in [9.17, 15) is 14.7 Å². The monoisotopic (exact) mass is 411 g/mol. The number of fused-ring (bicyclic) bond motifs is 1. The van der Waals surface area contributed by atoms with Crippen molar-refractivity contribution in [3.8, 4) is 0 Å². The predicted molar refractivity (Wildman–Crippen MR) is 118 cm³/mol. The molecule has 30 heavy (non-hydrogen) atoms. The molecule has 1 aliphatic heterocycles. The quantitative estimate of drug-likeness (QED) is 0.502. The number of amides is 1. The molecule has 0 aromatic heterocycles. The van der Waals surface area contributed by atoms with Gasteiger partial charge in [-0.1, -0.05) is 55.3 Å². The SMILES string of the molecule is O=C(O)CCCCCCN1C(=O)CCC1CCC(O)Cc1ccc2ccccc2c1. The van der Waals surface area contributed by atoms with Crippen LogP contribution in [-0.2, 0) is 16.0 Å². The molecule has 2 aromatic rings. The summed E-state index contributed by atoms with van der Waals surface area (Å²) in [6, 6.07) is 14.8. The molecular formula is C25H33NO4. The molecule has 162 valence electrons. The topological polar surface area (TPSA) is 77.8 Å². The molecule has 0 aliphatic carbocycles. The van der Waals surface area contributed by atoms with E-state index in [1.54, 1.807) is 0 Å². The number of nitrogens with zero attached hydrogens (tertiary/aromatic N) is 1. The van der Waals surface area contributed by atoms with Crippen molar-refractivity contribution in [1.82, 2.24) is 4.90 Å². The fourth-order valence-corrected chi connectivity index (χ4v) is 4.44. The summed E-state index contributed by atoms with van der Waals surface area (Å²) in [5, 5.41) is 21.6. The number of carbonyl (C=O) groups excluding carboxylic acids is 1. The van der Waals surface area contributed by atoms with Crippen molar-refractivity contribution in [3.63, 3.8) is 0 Å². The van der Waals surface area contributed by atoms with Crippen molar-refractivity contribution in [2.45, 2.75) is 76.4 Å². The third-order valence-electron chi connectivity index (χ3n) is 6.11. The van der Waals surface area contributed by atoms with Crippen LogP contribution in [0.5, 0.6) is 0 Å². The molecule has 2 unspecified atom stereocenters. The Labute approximate surface area is 178 Å². The van der Waals surface area contributed by atoms with E-state index in [-0.39, 0.29) is 18.4 Å². The number of carboxylic acid groups (broad SMARTS) is 1. The summed E-state index contributed by atoms with van der Waals surface area (Å²) >= 11 is 0. The Hall–Kier alpha value is -2.40. The fraction of sp³-hybridized carbons (Fsp3) is 0.520. The number of rotatable bonds is 12. The lowest BCUT2D eigenvalue weighted by Crippen LogP contribution is -2.34. The van der Waals surface area contributed by atoms with Crippen molar-refractivity contribution in [2.75, 3.05) is 6.54 Å². The molecule has 1 saturated heterocycles. The Morgan fingerprint density at radius 3 is 2.63 bits per heavy atom. The fourth-order valence-electron chi connectivity index (χ4n) is 4.44. The smallest absolute Gasteiger partial charge is 0.303 e. The van der Waals surface area contributed by atoms with Crippen LogP contribution in [0.3, 0.4) is 0 Å². The summed E-state index contributed by atoms with van der Waals surface area (Å²) in [6.07, 6.45) is 6.92. The molecule has 1 aliphatic rings. The first kappa shape index (κ1) is 22.3. The number of carbonyl (C=O) groups is 2. The second kappa shape index (κ2) is 11.1. The van der Waals surface area contributed by atoms with Crippen molar-refractivity contribution >= 4 is 22.6 Å². The Bertz CT molecular complexity index is 850. The molecule has 5 heteroatoms. The second-order valence-electron chi connectivity index (χ2n) is 8.45. The van der Waals surface area contributed by atoms with Crippen molar-refractivity contribution in [3.05, 3.63) is 48.0 Å². The molecule has 0 spiro atoms. The highest BCUT2D eigenvalue weighted by molar-refractivity contribution is 5.83. The van der Waals surface area contributed by atoms with Gasteiger partial charge in [-0.05, 0) is 54.9 Å². The first-order valence-electron chi connectivity index (χ1n) is 11.2. The number of aliphatic hydroxyl groups is 1. The van der Waals surface area contributed by atoms with E-state index in [2.05, 4.69) is 30.3 Å². The normalized spacial score (nSPS) is 17.6.